The first-order valence-electron chi connectivity index (χ1n) is 9.65. The van der Waals surface area contributed by atoms with Gasteiger partial charge in [0.15, 0.2) is 0 Å². The second-order valence-electron chi connectivity index (χ2n) is 7.31. The number of ether oxygens (including phenoxy) is 2. The monoisotopic (exact) mass is 378 g/mol. The molecule has 1 aromatic heterocycles. The highest BCUT2D eigenvalue weighted by Gasteiger charge is 2.24. The van der Waals surface area contributed by atoms with E-state index in [9.17, 15) is 4.79 Å². The lowest BCUT2D eigenvalue weighted by Crippen LogP contribution is -2.32. The van der Waals surface area contributed by atoms with Crippen LogP contribution in [0.5, 0.6) is 5.75 Å². The Morgan fingerprint density at radius 1 is 1.14 bits per heavy atom. The Balaban J connectivity index is 1.65. The zero-order valence-corrected chi connectivity index (χ0v) is 16.7. The zero-order chi connectivity index (χ0) is 19.7. The van der Waals surface area contributed by atoms with Gasteiger partial charge in [-0.1, -0.05) is 12.1 Å². The molecule has 1 aliphatic heterocycles. The molecule has 0 bridgehead atoms. The van der Waals surface area contributed by atoms with Gasteiger partial charge < -0.3 is 18.9 Å². The summed E-state index contributed by atoms with van der Waals surface area (Å²) in [5.74, 6) is 0.852. The number of hydrogen-bond donors (Lipinski definition) is 0. The van der Waals surface area contributed by atoms with Crippen molar-refractivity contribution >= 4 is 16.8 Å². The van der Waals surface area contributed by atoms with Crippen LogP contribution in [0.15, 0.2) is 42.6 Å². The summed E-state index contributed by atoms with van der Waals surface area (Å²) >= 11 is 0. The van der Waals surface area contributed by atoms with Crippen LogP contribution in [0, 0.1) is 6.92 Å². The van der Waals surface area contributed by atoms with Crippen molar-refractivity contribution in [2.75, 3.05) is 27.4 Å². The smallest absolute Gasteiger partial charge is 0.254 e. The van der Waals surface area contributed by atoms with Crippen LogP contribution in [-0.4, -0.2) is 42.7 Å². The molecular formula is C23H26N2O3. The summed E-state index contributed by atoms with van der Waals surface area (Å²) in [6.45, 7) is 4.83. The fourth-order valence-corrected chi connectivity index (χ4v) is 4.10. The van der Waals surface area contributed by atoms with Gasteiger partial charge in [0.25, 0.3) is 5.91 Å². The van der Waals surface area contributed by atoms with Gasteiger partial charge in [0.2, 0.25) is 0 Å². The van der Waals surface area contributed by atoms with Crippen molar-refractivity contribution in [1.29, 1.82) is 0 Å². The van der Waals surface area contributed by atoms with E-state index in [1.165, 1.54) is 22.0 Å². The molecule has 28 heavy (non-hydrogen) atoms. The molecule has 1 amide bonds. The Morgan fingerprint density at radius 3 is 2.75 bits per heavy atom. The van der Waals surface area contributed by atoms with Gasteiger partial charge in [-0.25, -0.2) is 0 Å². The van der Waals surface area contributed by atoms with E-state index in [4.69, 9.17) is 9.47 Å². The number of carbonyl (C=O) groups excluding carboxylic acids is 1. The molecule has 0 N–H and O–H groups in total. The third kappa shape index (κ3) is 3.27. The standard InChI is InChI=1S/C23H26N2O3/c1-16-13-19(28-3)7-8-20(16)23(26)25-10-9-18-14-24(11-12-27-2)21-6-4-5-17(15-25)22(18)21/h4-8,13-14H,9-12,15H2,1-3H3. The van der Waals surface area contributed by atoms with Gasteiger partial charge in [-0.05, 0) is 54.3 Å². The average molecular weight is 378 g/mol. The first-order chi connectivity index (χ1) is 13.6. The quantitative estimate of drug-likeness (QED) is 0.678. The summed E-state index contributed by atoms with van der Waals surface area (Å²) in [7, 11) is 3.37. The van der Waals surface area contributed by atoms with E-state index in [1.807, 2.05) is 30.0 Å². The number of amides is 1. The van der Waals surface area contributed by atoms with Gasteiger partial charge in [0.1, 0.15) is 5.75 Å². The lowest BCUT2D eigenvalue weighted by Gasteiger charge is -2.22. The van der Waals surface area contributed by atoms with Crippen LogP contribution < -0.4 is 4.74 Å². The van der Waals surface area contributed by atoms with Crippen molar-refractivity contribution < 1.29 is 14.3 Å². The topological polar surface area (TPSA) is 43.7 Å². The minimum absolute atomic E-state index is 0.0783. The first kappa shape index (κ1) is 18.6. The SMILES string of the molecule is COCCn1cc2c3c(cccc31)CN(C(=O)c1ccc(OC)cc1C)CC2. The number of nitrogens with zero attached hydrogens (tertiary/aromatic N) is 2. The summed E-state index contributed by atoms with van der Waals surface area (Å²) in [5.41, 5.74) is 5.42. The molecule has 0 atom stereocenters. The normalized spacial score (nSPS) is 13.6. The molecule has 2 heterocycles. The predicted molar refractivity (Wildman–Crippen MR) is 110 cm³/mol. The Bertz CT molecular complexity index is 1020. The highest BCUT2D eigenvalue weighted by atomic mass is 16.5. The molecule has 3 aromatic rings. The molecule has 0 aliphatic carbocycles. The van der Waals surface area contributed by atoms with E-state index in [1.54, 1.807) is 14.2 Å². The largest absolute Gasteiger partial charge is 0.497 e. The number of aromatic nitrogens is 1. The molecule has 0 fully saturated rings. The highest BCUT2D eigenvalue weighted by Crippen LogP contribution is 2.30. The van der Waals surface area contributed by atoms with Crippen LogP contribution in [0.2, 0.25) is 0 Å². The lowest BCUT2D eigenvalue weighted by atomic mass is 10.1. The van der Waals surface area contributed by atoms with Gasteiger partial charge >= 0.3 is 0 Å². The zero-order valence-electron chi connectivity index (χ0n) is 16.7. The van der Waals surface area contributed by atoms with E-state index in [2.05, 4.69) is 29.0 Å². The Hall–Kier alpha value is -2.79. The number of hydrogen-bond acceptors (Lipinski definition) is 3. The number of methoxy groups -OCH3 is 2. The highest BCUT2D eigenvalue weighted by molar-refractivity contribution is 5.96. The van der Waals surface area contributed by atoms with Crippen LogP contribution in [0.1, 0.15) is 27.0 Å². The maximum atomic E-state index is 13.2. The fourth-order valence-electron chi connectivity index (χ4n) is 4.10. The molecule has 2 aromatic carbocycles. The van der Waals surface area contributed by atoms with Gasteiger partial charge in [-0.15, -0.1) is 0 Å². The summed E-state index contributed by atoms with van der Waals surface area (Å²) in [5, 5.41) is 1.29. The van der Waals surface area contributed by atoms with Crippen molar-refractivity contribution in [2.45, 2.75) is 26.4 Å². The molecule has 0 saturated heterocycles. The third-order valence-corrected chi connectivity index (χ3v) is 5.57. The predicted octanol–water partition coefficient (Wildman–Crippen LogP) is 3.80. The molecule has 5 heteroatoms. The molecule has 146 valence electrons. The average Bonchev–Trinajstić information content (AvgIpc) is 2.95. The summed E-state index contributed by atoms with van der Waals surface area (Å²) in [4.78, 5) is 15.2. The molecule has 0 saturated carbocycles. The Labute approximate surface area is 165 Å². The second kappa shape index (κ2) is 7.68. The van der Waals surface area contributed by atoms with E-state index in [-0.39, 0.29) is 5.91 Å². The minimum Gasteiger partial charge on any atom is -0.497 e. The molecule has 0 spiro atoms. The van der Waals surface area contributed by atoms with Crippen molar-refractivity contribution in [2.24, 2.45) is 0 Å². The lowest BCUT2D eigenvalue weighted by molar-refractivity contribution is 0.0747. The molecule has 4 rings (SSSR count). The molecule has 0 unspecified atom stereocenters. The van der Waals surface area contributed by atoms with Crippen LogP contribution >= 0.6 is 0 Å². The Morgan fingerprint density at radius 2 is 2.00 bits per heavy atom. The minimum atomic E-state index is 0.0783. The molecule has 0 radical (unpaired) electrons. The second-order valence-corrected chi connectivity index (χ2v) is 7.31. The van der Waals surface area contributed by atoms with E-state index < -0.39 is 0 Å². The number of aryl methyl sites for hydroxylation is 1. The van der Waals surface area contributed by atoms with E-state index >= 15 is 0 Å². The van der Waals surface area contributed by atoms with Gasteiger partial charge in [0.05, 0.1) is 13.7 Å². The molecule has 1 aliphatic rings. The Kier molecular flexibility index (Phi) is 5.09. The first-order valence-corrected chi connectivity index (χ1v) is 9.65. The van der Waals surface area contributed by atoms with Crippen molar-refractivity contribution in [3.63, 3.8) is 0 Å². The third-order valence-electron chi connectivity index (χ3n) is 5.57. The fraction of sp³-hybridized carbons (Fsp3) is 0.348. The van der Waals surface area contributed by atoms with Crippen LogP contribution in [0.4, 0.5) is 0 Å². The van der Waals surface area contributed by atoms with Crippen LogP contribution in [-0.2, 0) is 24.2 Å². The summed E-state index contributed by atoms with van der Waals surface area (Å²) < 4.78 is 12.8. The summed E-state index contributed by atoms with van der Waals surface area (Å²) in [6, 6.07) is 12.0. The van der Waals surface area contributed by atoms with E-state index in [0.29, 0.717) is 19.7 Å². The van der Waals surface area contributed by atoms with E-state index in [0.717, 1.165) is 29.8 Å². The van der Waals surface area contributed by atoms with Gasteiger partial charge in [-0.3, -0.25) is 4.79 Å². The van der Waals surface area contributed by atoms with Gasteiger partial charge in [0, 0.05) is 49.4 Å². The maximum Gasteiger partial charge on any atom is 0.254 e. The number of benzene rings is 2. The van der Waals surface area contributed by atoms with Crippen molar-refractivity contribution in [3.05, 3.63) is 64.8 Å². The number of rotatable bonds is 5. The number of carbonyl (C=O) groups is 1. The maximum absolute atomic E-state index is 13.2. The molecule has 5 nitrogen and oxygen atoms in total. The van der Waals surface area contributed by atoms with Gasteiger partial charge in [-0.2, -0.15) is 0 Å². The molecular weight excluding hydrogens is 352 g/mol. The van der Waals surface area contributed by atoms with Crippen LogP contribution in [0.25, 0.3) is 10.9 Å². The van der Waals surface area contributed by atoms with Crippen LogP contribution in [0.3, 0.4) is 0 Å². The van der Waals surface area contributed by atoms with Crippen molar-refractivity contribution in [1.82, 2.24) is 9.47 Å². The van der Waals surface area contributed by atoms with Crippen molar-refractivity contribution in [3.8, 4) is 5.75 Å². The summed E-state index contributed by atoms with van der Waals surface area (Å²) in [6.07, 6.45) is 3.08.